The van der Waals surface area contributed by atoms with E-state index < -0.39 is 5.56 Å². The number of rotatable bonds is 1. The smallest absolute Gasteiger partial charge is 0.282 e. The minimum atomic E-state index is -0.428. The quantitative estimate of drug-likeness (QED) is 0.877. The van der Waals surface area contributed by atoms with Gasteiger partial charge in [0.05, 0.1) is 5.69 Å². The molecule has 0 radical (unpaired) electrons. The van der Waals surface area contributed by atoms with E-state index >= 15 is 0 Å². The molecule has 2 heterocycles. The van der Waals surface area contributed by atoms with Gasteiger partial charge in [0.1, 0.15) is 0 Å². The van der Waals surface area contributed by atoms with E-state index in [2.05, 4.69) is 42.9 Å². The van der Waals surface area contributed by atoms with Gasteiger partial charge in [0.15, 0.2) is 5.69 Å². The highest BCUT2D eigenvalue weighted by Gasteiger charge is 2.29. The molecule has 0 fully saturated rings. The lowest BCUT2D eigenvalue weighted by atomic mass is 9.86. The lowest BCUT2D eigenvalue weighted by molar-refractivity contribution is 0.0982. The summed E-state index contributed by atoms with van der Waals surface area (Å²) in [4.78, 5) is 33.5. The fraction of sp³-hybridized carbons (Fsp3) is 0.421. The van der Waals surface area contributed by atoms with Gasteiger partial charge in [-0.2, -0.15) is 0 Å². The third-order valence-corrected chi connectivity index (χ3v) is 4.63. The summed E-state index contributed by atoms with van der Waals surface area (Å²) < 4.78 is 0. The number of hydrogen-bond acceptors (Lipinski definition) is 3. The van der Waals surface area contributed by atoms with Gasteiger partial charge in [-0.05, 0) is 42.9 Å². The average molecular weight is 325 g/mol. The molecule has 1 aromatic carbocycles. The number of hydrogen-bond donors (Lipinski definition) is 1. The van der Waals surface area contributed by atoms with Crippen molar-refractivity contribution >= 4 is 11.6 Å². The van der Waals surface area contributed by atoms with Crippen LogP contribution in [0.5, 0.6) is 0 Å². The van der Waals surface area contributed by atoms with Crippen LogP contribution in [0, 0.1) is 13.8 Å². The highest BCUT2D eigenvalue weighted by atomic mass is 16.2. The normalized spacial score (nSPS) is 14.0. The van der Waals surface area contributed by atoms with Gasteiger partial charge in [-0.25, -0.2) is 4.98 Å². The predicted molar refractivity (Wildman–Crippen MR) is 94.9 cm³/mol. The van der Waals surface area contributed by atoms with Gasteiger partial charge < -0.3 is 9.88 Å². The molecular formula is C19H23N3O2. The minimum Gasteiger partial charge on any atom is -0.323 e. The average Bonchev–Trinajstić information content (AvgIpc) is 2.92. The maximum Gasteiger partial charge on any atom is 0.282 e. The zero-order chi connectivity index (χ0) is 17.6. The molecule has 1 amide bonds. The first-order valence-corrected chi connectivity index (χ1v) is 8.21. The van der Waals surface area contributed by atoms with Gasteiger partial charge in [-0.1, -0.05) is 32.9 Å². The molecule has 3 rings (SSSR count). The first-order chi connectivity index (χ1) is 11.2. The van der Waals surface area contributed by atoms with Crippen LogP contribution in [0.1, 0.15) is 53.8 Å². The van der Waals surface area contributed by atoms with E-state index in [1.165, 1.54) is 5.56 Å². The Hall–Kier alpha value is -2.43. The summed E-state index contributed by atoms with van der Waals surface area (Å²) in [6, 6.07) is 6.21. The molecule has 1 N–H and O–H groups in total. The molecule has 2 aromatic rings. The van der Waals surface area contributed by atoms with E-state index in [0.717, 1.165) is 17.7 Å². The van der Waals surface area contributed by atoms with Crippen LogP contribution in [-0.4, -0.2) is 22.4 Å². The maximum absolute atomic E-state index is 12.8. The van der Waals surface area contributed by atoms with Gasteiger partial charge in [-0.15, -0.1) is 0 Å². The molecule has 1 aliphatic rings. The Kier molecular flexibility index (Phi) is 3.82. The van der Waals surface area contributed by atoms with E-state index in [9.17, 15) is 9.59 Å². The Morgan fingerprint density at radius 2 is 1.96 bits per heavy atom. The summed E-state index contributed by atoms with van der Waals surface area (Å²) >= 11 is 0. The fourth-order valence-corrected chi connectivity index (χ4v) is 2.97. The molecule has 5 nitrogen and oxygen atoms in total. The molecule has 1 aromatic heterocycles. The minimum absolute atomic E-state index is 0.0363. The summed E-state index contributed by atoms with van der Waals surface area (Å²) in [7, 11) is 0. The van der Waals surface area contributed by atoms with Crippen LogP contribution in [0.3, 0.4) is 0 Å². The molecular weight excluding hydrogens is 302 g/mol. The van der Waals surface area contributed by atoms with Crippen LogP contribution in [0.25, 0.3) is 0 Å². The highest BCUT2D eigenvalue weighted by molar-refractivity contribution is 6.05. The number of H-pyrrole nitrogens is 1. The van der Waals surface area contributed by atoms with Gasteiger partial charge >= 0.3 is 0 Å². The van der Waals surface area contributed by atoms with Crippen molar-refractivity contribution in [2.45, 2.75) is 46.5 Å². The van der Waals surface area contributed by atoms with Crippen molar-refractivity contribution in [3.63, 3.8) is 0 Å². The SMILES string of the molecule is Cc1nc(C(=O)N2CCc3cc(C(C)(C)C)ccc32)c(=O)[nH]c1C. The zero-order valence-electron chi connectivity index (χ0n) is 14.9. The largest absolute Gasteiger partial charge is 0.323 e. The third kappa shape index (κ3) is 2.75. The van der Waals surface area contributed by atoms with Crippen molar-refractivity contribution in [3.8, 4) is 0 Å². The van der Waals surface area contributed by atoms with Gasteiger partial charge in [-0.3, -0.25) is 9.59 Å². The number of anilines is 1. The Balaban J connectivity index is 1.99. The number of carbonyl (C=O) groups is 1. The Labute approximate surface area is 141 Å². The maximum atomic E-state index is 12.8. The molecule has 0 spiro atoms. The second-order valence-corrected chi connectivity index (χ2v) is 7.43. The van der Waals surface area contributed by atoms with E-state index in [4.69, 9.17) is 0 Å². The topological polar surface area (TPSA) is 66.1 Å². The van der Waals surface area contributed by atoms with Crippen LogP contribution in [0.15, 0.2) is 23.0 Å². The number of carbonyl (C=O) groups excluding carboxylic acids is 1. The van der Waals surface area contributed by atoms with Crippen LogP contribution < -0.4 is 10.5 Å². The van der Waals surface area contributed by atoms with Crippen molar-refractivity contribution in [1.82, 2.24) is 9.97 Å². The molecule has 0 saturated carbocycles. The lowest BCUT2D eigenvalue weighted by Gasteiger charge is -2.21. The Morgan fingerprint density at radius 3 is 2.62 bits per heavy atom. The standard InChI is InChI=1S/C19H23N3O2/c1-11-12(2)21-17(23)16(20-11)18(24)22-9-8-13-10-14(19(3,4)5)6-7-15(13)22/h6-7,10H,8-9H2,1-5H3,(H,21,23). The molecule has 1 aliphatic heterocycles. The van der Waals surface area contributed by atoms with Gasteiger partial charge in [0.2, 0.25) is 0 Å². The summed E-state index contributed by atoms with van der Waals surface area (Å²) in [5.74, 6) is -0.332. The number of nitrogens with one attached hydrogen (secondary N) is 1. The van der Waals surface area contributed by atoms with Crippen LogP contribution in [0.4, 0.5) is 5.69 Å². The molecule has 0 unspecified atom stereocenters. The Bertz CT molecular complexity index is 875. The van der Waals surface area contributed by atoms with Gasteiger partial charge in [0, 0.05) is 17.9 Å². The zero-order valence-corrected chi connectivity index (χ0v) is 14.9. The predicted octanol–water partition coefficient (Wildman–Crippen LogP) is 2.89. The molecule has 0 aliphatic carbocycles. The Morgan fingerprint density at radius 1 is 1.25 bits per heavy atom. The second kappa shape index (κ2) is 5.58. The summed E-state index contributed by atoms with van der Waals surface area (Å²) in [5.41, 5.74) is 4.24. The van der Waals surface area contributed by atoms with E-state index in [0.29, 0.717) is 17.9 Å². The third-order valence-electron chi connectivity index (χ3n) is 4.63. The molecule has 0 saturated heterocycles. The number of aryl methyl sites for hydroxylation is 2. The molecule has 5 heteroatoms. The number of aromatic nitrogens is 2. The number of fused-ring (bicyclic) bond motifs is 1. The van der Waals surface area contributed by atoms with Crippen LogP contribution in [0.2, 0.25) is 0 Å². The first-order valence-electron chi connectivity index (χ1n) is 8.21. The summed E-state index contributed by atoms with van der Waals surface area (Å²) in [5, 5.41) is 0. The highest BCUT2D eigenvalue weighted by Crippen LogP contribution is 2.33. The molecule has 24 heavy (non-hydrogen) atoms. The van der Waals surface area contributed by atoms with Gasteiger partial charge in [0.25, 0.3) is 11.5 Å². The van der Waals surface area contributed by atoms with E-state index in [1.807, 2.05) is 6.07 Å². The van der Waals surface area contributed by atoms with Crippen molar-refractivity contribution in [2.75, 3.05) is 11.4 Å². The van der Waals surface area contributed by atoms with Crippen LogP contribution >= 0.6 is 0 Å². The van der Waals surface area contributed by atoms with Crippen molar-refractivity contribution in [2.24, 2.45) is 0 Å². The number of benzene rings is 1. The summed E-state index contributed by atoms with van der Waals surface area (Å²) in [6.45, 7) is 10.7. The molecule has 0 atom stereocenters. The van der Waals surface area contributed by atoms with E-state index in [1.54, 1.807) is 18.7 Å². The number of amides is 1. The van der Waals surface area contributed by atoms with Crippen molar-refractivity contribution in [3.05, 3.63) is 56.8 Å². The fourth-order valence-electron chi connectivity index (χ4n) is 2.97. The van der Waals surface area contributed by atoms with Crippen molar-refractivity contribution in [1.29, 1.82) is 0 Å². The van der Waals surface area contributed by atoms with E-state index in [-0.39, 0.29) is 17.0 Å². The molecule has 126 valence electrons. The van der Waals surface area contributed by atoms with Crippen molar-refractivity contribution < 1.29 is 4.79 Å². The second-order valence-electron chi connectivity index (χ2n) is 7.43. The lowest BCUT2D eigenvalue weighted by Crippen LogP contribution is -2.35. The summed E-state index contributed by atoms with van der Waals surface area (Å²) in [6.07, 6.45) is 0.799. The molecule has 0 bridgehead atoms. The first kappa shape index (κ1) is 16.4. The van der Waals surface area contributed by atoms with Crippen LogP contribution in [-0.2, 0) is 11.8 Å². The number of nitrogens with zero attached hydrogens (tertiary/aromatic N) is 2. The number of aromatic amines is 1. The monoisotopic (exact) mass is 325 g/mol.